The molecule has 1 saturated heterocycles. The number of alkyl halides is 2. The molecule has 2 N–H and O–H groups in total. The molecule has 8 nitrogen and oxygen atoms in total. The Bertz CT molecular complexity index is 1200. The van der Waals surface area contributed by atoms with Crippen LogP contribution >= 0.6 is 0 Å². The molecule has 0 atom stereocenters. The summed E-state index contributed by atoms with van der Waals surface area (Å²) in [6, 6.07) is 12.0. The van der Waals surface area contributed by atoms with E-state index in [1.54, 1.807) is 0 Å². The summed E-state index contributed by atoms with van der Waals surface area (Å²) < 4.78 is 36.4. The summed E-state index contributed by atoms with van der Waals surface area (Å²) in [5.41, 5.74) is 7.14. The Kier molecular flexibility index (Phi) is 6.22. The van der Waals surface area contributed by atoms with Gasteiger partial charge < -0.3 is 20.2 Å². The van der Waals surface area contributed by atoms with Gasteiger partial charge in [-0.3, -0.25) is 9.48 Å². The average molecular weight is 467 g/mol. The summed E-state index contributed by atoms with van der Waals surface area (Å²) in [6.45, 7) is -0.920. The van der Waals surface area contributed by atoms with E-state index in [4.69, 9.17) is 4.74 Å². The van der Waals surface area contributed by atoms with E-state index in [1.165, 1.54) is 24.3 Å². The van der Waals surface area contributed by atoms with Gasteiger partial charge in [0.1, 0.15) is 5.75 Å². The van der Waals surface area contributed by atoms with Gasteiger partial charge in [-0.25, -0.2) is 0 Å². The normalized spacial score (nSPS) is 15.9. The number of carbonyl (C=O) groups excluding carboxylic acids is 1. The SMILES string of the molecule is O=C(Nc1ccc(OC(F)F)cc1)C1=NNCc2ccc(-c3cnn(C4CCOCC4)c3)cc21. The van der Waals surface area contributed by atoms with Crippen molar-refractivity contribution in [2.75, 3.05) is 18.5 Å². The van der Waals surface area contributed by atoms with Crippen molar-refractivity contribution in [2.24, 2.45) is 5.10 Å². The second-order valence-electron chi connectivity index (χ2n) is 8.08. The zero-order valence-corrected chi connectivity index (χ0v) is 18.2. The molecule has 0 spiro atoms. The zero-order valence-electron chi connectivity index (χ0n) is 18.2. The molecule has 0 bridgehead atoms. The summed E-state index contributed by atoms with van der Waals surface area (Å²) in [5.74, 6) is -0.396. The maximum Gasteiger partial charge on any atom is 0.387 e. The maximum atomic E-state index is 13.0. The van der Waals surface area contributed by atoms with Gasteiger partial charge in [0.15, 0.2) is 5.71 Å². The van der Waals surface area contributed by atoms with E-state index in [0.717, 1.165) is 48.3 Å². The molecule has 5 rings (SSSR count). The molecule has 1 fully saturated rings. The highest BCUT2D eigenvalue weighted by atomic mass is 19.3. The van der Waals surface area contributed by atoms with Crippen LogP contribution < -0.4 is 15.5 Å². The summed E-state index contributed by atoms with van der Waals surface area (Å²) in [7, 11) is 0. The van der Waals surface area contributed by atoms with E-state index in [0.29, 0.717) is 18.3 Å². The van der Waals surface area contributed by atoms with Gasteiger partial charge in [-0.05, 0) is 54.3 Å². The van der Waals surface area contributed by atoms with Crippen LogP contribution in [0.3, 0.4) is 0 Å². The third-order valence-corrected chi connectivity index (χ3v) is 5.88. The number of aromatic nitrogens is 2. The third kappa shape index (κ3) is 4.76. The second-order valence-corrected chi connectivity index (χ2v) is 8.08. The number of hydrogen-bond acceptors (Lipinski definition) is 6. The molecule has 2 aliphatic rings. The van der Waals surface area contributed by atoms with E-state index in [1.807, 2.05) is 35.3 Å². The Morgan fingerprint density at radius 3 is 2.71 bits per heavy atom. The molecule has 176 valence electrons. The number of rotatable bonds is 6. The molecular formula is C24H23F2N5O3. The van der Waals surface area contributed by atoms with Crippen LogP contribution in [0.1, 0.15) is 30.0 Å². The van der Waals surface area contributed by atoms with Crippen molar-refractivity contribution in [3.63, 3.8) is 0 Å². The minimum absolute atomic E-state index is 0.0148. The molecule has 1 aromatic heterocycles. The fourth-order valence-electron chi connectivity index (χ4n) is 4.11. The van der Waals surface area contributed by atoms with Crippen LogP contribution in [-0.4, -0.2) is 41.2 Å². The monoisotopic (exact) mass is 467 g/mol. The number of nitrogens with zero attached hydrogens (tertiary/aromatic N) is 3. The molecule has 10 heteroatoms. The number of hydrogen-bond donors (Lipinski definition) is 2. The third-order valence-electron chi connectivity index (χ3n) is 5.88. The van der Waals surface area contributed by atoms with E-state index in [9.17, 15) is 13.6 Å². The first kappa shape index (κ1) is 22.0. The Morgan fingerprint density at radius 2 is 1.94 bits per heavy atom. The maximum absolute atomic E-state index is 13.0. The van der Waals surface area contributed by atoms with Crippen LogP contribution in [0.2, 0.25) is 0 Å². The quantitative estimate of drug-likeness (QED) is 0.573. The molecule has 3 aromatic rings. The van der Waals surface area contributed by atoms with Crippen LogP contribution in [0.25, 0.3) is 11.1 Å². The van der Waals surface area contributed by atoms with Gasteiger partial charge in [0.05, 0.1) is 18.8 Å². The Balaban J connectivity index is 1.34. The van der Waals surface area contributed by atoms with E-state index in [-0.39, 0.29) is 11.5 Å². The van der Waals surface area contributed by atoms with Crippen LogP contribution in [0.4, 0.5) is 14.5 Å². The van der Waals surface area contributed by atoms with Crippen LogP contribution in [0, 0.1) is 0 Å². The van der Waals surface area contributed by atoms with Crippen molar-refractivity contribution in [1.82, 2.24) is 15.2 Å². The highest BCUT2D eigenvalue weighted by Crippen LogP contribution is 2.27. The second kappa shape index (κ2) is 9.60. The minimum atomic E-state index is -2.91. The number of halogens is 2. The van der Waals surface area contributed by atoms with Gasteiger partial charge in [0, 0.05) is 36.2 Å². The lowest BCUT2D eigenvalue weighted by Crippen LogP contribution is -2.31. The largest absolute Gasteiger partial charge is 0.435 e. The van der Waals surface area contributed by atoms with Gasteiger partial charge in [-0.15, -0.1) is 0 Å². The first-order chi connectivity index (χ1) is 16.6. The molecule has 3 heterocycles. The van der Waals surface area contributed by atoms with Crippen molar-refractivity contribution >= 4 is 17.3 Å². The lowest BCUT2D eigenvalue weighted by atomic mass is 9.96. The number of carbonyl (C=O) groups is 1. The van der Waals surface area contributed by atoms with Gasteiger partial charge >= 0.3 is 6.61 Å². The molecule has 0 saturated carbocycles. The van der Waals surface area contributed by atoms with Gasteiger partial charge in [-0.2, -0.15) is 19.0 Å². The zero-order chi connectivity index (χ0) is 23.5. The van der Waals surface area contributed by atoms with Crippen LogP contribution in [0.15, 0.2) is 60.0 Å². The van der Waals surface area contributed by atoms with Crippen LogP contribution in [-0.2, 0) is 16.1 Å². The van der Waals surface area contributed by atoms with Gasteiger partial charge in [0.25, 0.3) is 5.91 Å². The lowest BCUT2D eigenvalue weighted by Gasteiger charge is -2.22. The van der Waals surface area contributed by atoms with Crippen molar-refractivity contribution in [3.8, 4) is 16.9 Å². The number of benzene rings is 2. The molecule has 2 aliphatic heterocycles. The van der Waals surface area contributed by atoms with E-state index >= 15 is 0 Å². The Labute approximate surface area is 194 Å². The standard InChI is InChI=1S/C24H23F2N5O3/c25-24(26)34-20-5-3-18(4-6-20)29-23(32)22-21-11-15(1-2-16(21)12-27-30-22)17-13-28-31(14-17)19-7-9-33-10-8-19/h1-6,11,13-14,19,24,27H,7-10,12H2,(H,29,32). The minimum Gasteiger partial charge on any atom is -0.435 e. The number of fused-ring (bicyclic) bond motifs is 1. The topological polar surface area (TPSA) is 89.8 Å². The van der Waals surface area contributed by atoms with Gasteiger partial charge in [-0.1, -0.05) is 12.1 Å². The first-order valence-electron chi connectivity index (χ1n) is 11.0. The molecule has 0 radical (unpaired) electrons. The molecule has 2 aromatic carbocycles. The Hall–Kier alpha value is -3.79. The predicted molar refractivity (Wildman–Crippen MR) is 122 cm³/mol. The Morgan fingerprint density at radius 1 is 1.15 bits per heavy atom. The van der Waals surface area contributed by atoms with Crippen LogP contribution in [0.5, 0.6) is 5.75 Å². The lowest BCUT2D eigenvalue weighted by molar-refractivity contribution is -0.110. The molecule has 1 amide bonds. The first-order valence-corrected chi connectivity index (χ1v) is 11.0. The molecule has 0 aliphatic carbocycles. The van der Waals surface area contributed by atoms with Crippen molar-refractivity contribution in [2.45, 2.75) is 32.0 Å². The number of anilines is 1. The molecule has 34 heavy (non-hydrogen) atoms. The van der Waals surface area contributed by atoms with Crippen molar-refractivity contribution in [3.05, 3.63) is 66.0 Å². The number of ether oxygens (including phenoxy) is 2. The summed E-state index contributed by atoms with van der Waals surface area (Å²) in [6.07, 6.45) is 5.73. The number of hydrazone groups is 1. The van der Waals surface area contributed by atoms with E-state index in [2.05, 4.69) is 25.7 Å². The molecule has 0 unspecified atom stereocenters. The fraction of sp³-hybridized carbons (Fsp3) is 0.292. The van der Waals surface area contributed by atoms with Crippen molar-refractivity contribution in [1.29, 1.82) is 0 Å². The molecular weight excluding hydrogens is 444 g/mol. The highest BCUT2D eigenvalue weighted by molar-refractivity contribution is 6.49. The number of nitrogens with one attached hydrogen (secondary N) is 2. The summed E-state index contributed by atoms with van der Waals surface area (Å²) in [5, 5.41) is 11.5. The average Bonchev–Trinajstić information content (AvgIpc) is 3.35. The summed E-state index contributed by atoms with van der Waals surface area (Å²) >= 11 is 0. The smallest absolute Gasteiger partial charge is 0.387 e. The highest BCUT2D eigenvalue weighted by Gasteiger charge is 2.23. The van der Waals surface area contributed by atoms with Crippen molar-refractivity contribution < 1.29 is 23.0 Å². The summed E-state index contributed by atoms with van der Waals surface area (Å²) in [4.78, 5) is 13.0. The predicted octanol–water partition coefficient (Wildman–Crippen LogP) is 3.95. The van der Waals surface area contributed by atoms with E-state index < -0.39 is 12.5 Å². The van der Waals surface area contributed by atoms with Gasteiger partial charge in [0.2, 0.25) is 0 Å². The fourth-order valence-corrected chi connectivity index (χ4v) is 4.11. The number of amides is 1.